The van der Waals surface area contributed by atoms with E-state index in [4.69, 9.17) is 9.84 Å². The number of likely N-dealkylation sites (tertiary alicyclic amines) is 1. The first-order chi connectivity index (χ1) is 12.8. The summed E-state index contributed by atoms with van der Waals surface area (Å²) >= 11 is 4.14. The van der Waals surface area contributed by atoms with E-state index in [-0.39, 0.29) is 18.1 Å². The van der Waals surface area contributed by atoms with E-state index in [1.807, 2.05) is 12.1 Å². The second kappa shape index (κ2) is 8.10. The Hall–Kier alpha value is -1.74. The van der Waals surface area contributed by atoms with Crippen molar-refractivity contribution in [3.63, 3.8) is 0 Å². The molecule has 1 aromatic heterocycles. The van der Waals surface area contributed by atoms with Gasteiger partial charge in [0.15, 0.2) is 0 Å². The molecule has 1 amide bonds. The van der Waals surface area contributed by atoms with Crippen LogP contribution in [0.2, 0.25) is 0 Å². The zero-order valence-corrected chi connectivity index (χ0v) is 16.5. The van der Waals surface area contributed by atoms with Crippen molar-refractivity contribution < 1.29 is 27.8 Å². The van der Waals surface area contributed by atoms with Crippen LogP contribution >= 0.6 is 27.3 Å². The van der Waals surface area contributed by atoms with Gasteiger partial charge in [-0.05, 0) is 52.4 Å². The van der Waals surface area contributed by atoms with E-state index in [0.717, 1.165) is 35.1 Å². The first-order valence-corrected chi connectivity index (χ1v) is 9.96. The summed E-state index contributed by atoms with van der Waals surface area (Å²) in [7, 11) is 0. The van der Waals surface area contributed by atoms with E-state index in [0.29, 0.717) is 22.6 Å². The number of nitrogens with zero attached hydrogens (tertiary/aromatic N) is 1. The molecule has 1 aliphatic heterocycles. The predicted octanol–water partition coefficient (Wildman–Crippen LogP) is 5.97. The number of thiophene rings is 1. The zero-order chi connectivity index (χ0) is 19.6. The van der Waals surface area contributed by atoms with E-state index in [9.17, 15) is 18.0 Å². The fourth-order valence-electron chi connectivity index (χ4n) is 3.13. The molecule has 4 nitrogen and oxygen atoms in total. The Balaban J connectivity index is 1.61. The summed E-state index contributed by atoms with van der Waals surface area (Å²) in [5.74, 6) is 0.769. The lowest BCUT2D eigenvalue weighted by atomic mass is 9.89. The molecule has 1 N–H and O–H groups in total. The molecule has 0 radical (unpaired) electrons. The van der Waals surface area contributed by atoms with Crippen LogP contribution in [0.25, 0.3) is 0 Å². The van der Waals surface area contributed by atoms with Gasteiger partial charge in [-0.25, -0.2) is 4.79 Å². The van der Waals surface area contributed by atoms with Gasteiger partial charge in [0.1, 0.15) is 12.4 Å². The van der Waals surface area contributed by atoms with Crippen LogP contribution in [0, 0.1) is 0 Å². The highest BCUT2D eigenvalue weighted by molar-refractivity contribution is 9.11. The van der Waals surface area contributed by atoms with Crippen LogP contribution in [0.4, 0.5) is 18.0 Å². The molecule has 1 fully saturated rings. The van der Waals surface area contributed by atoms with E-state index < -0.39 is 17.8 Å². The van der Waals surface area contributed by atoms with Crippen LogP contribution in [-0.2, 0) is 12.8 Å². The standard InChI is InChI=1S/C18H17BrF3NO3S/c19-16-14(15(10-27-16)18(20,21)22)9-26-13-3-1-11(2-4-13)12-5-7-23(8-6-12)17(24)25/h1-4,10,12H,5-9H2,(H,24,25). The maximum atomic E-state index is 13.0. The van der Waals surface area contributed by atoms with Crippen molar-refractivity contribution in [2.45, 2.75) is 31.5 Å². The molecule has 9 heteroatoms. The third-order valence-corrected chi connectivity index (χ3v) is 6.49. The smallest absolute Gasteiger partial charge is 0.417 e. The third kappa shape index (κ3) is 4.76. The topological polar surface area (TPSA) is 49.8 Å². The number of benzene rings is 1. The molecule has 0 saturated carbocycles. The fraction of sp³-hybridized carbons (Fsp3) is 0.389. The molecular weight excluding hydrogens is 447 g/mol. The van der Waals surface area contributed by atoms with Crippen molar-refractivity contribution >= 4 is 33.4 Å². The summed E-state index contributed by atoms with van der Waals surface area (Å²) in [6.45, 7) is 0.838. The number of alkyl halides is 3. The van der Waals surface area contributed by atoms with E-state index in [1.54, 1.807) is 12.1 Å². The van der Waals surface area contributed by atoms with Crippen LogP contribution in [0.3, 0.4) is 0 Å². The Kier molecular flexibility index (Phi) is 6.00. The molecule has 1 aromatic carbocycles. The number of ether oxygens (including phenoxy) is 1. The van der Waals surface area contributed by atoms with Crippen molar-refractivity contribution in [3.05, 3.63) is 50.1 Å². The fourth-order valence-corrected chi connectivity index (χ4v) is 4.54. The highest BCUT2D eigenvalue weighted by Gasteiger charge is 2.35. The Morgan fingerprint density at radius 3 is 2.44 bits per heavy atom. The van der Waals surface area contributed by atoms with Crippen molar-refractivity contribution in [2.75, 3.05) is 13.1 Å². The van der Waals surface area contributed by atoms with Crippen molar-refractivity contribution in [3.8, 4) is 5.75 Å². The number of rotatable bonds is 4. The van der Waals surface area contributed by atoms with E-state index in [2.05, 4.69) is 15.9 Å². The lowest BCUT2D eigenvalue weighted by Gasteiger charge is -2.30. The summed E-state index contributed by atoms with van der Waals surface area (Å²) in [6, 6.07) is 7.27. The maximum absolute atomic E-state index is 13.0. The average Bonchev–Trinajstić information content (AvgIpc) is 3.01. The highest BCUT2D eigenvalue weighted by Crippen LogP contribution is 2.39. The minimum atomic E-state index is -4.41. The van der Waals surface area contributed by atoms with E-state index in [1.165, 1.54) is 4.90 Å². The molecule has 0 spiro atoms. The molecule has 0 bridgehead atoms. The van der Waals surface area contributed by atoms with Gasteiger partial charge in [0.2, 0.25) is 0 Å². The van der Waals surface area contributed by atoms with Gasteiger partial charge in [0.25, 0.3) is 0 Å². The van der Waals surface area contributed by atoms with Gasteiger partial charge in [0, 0.05) is 24.0 Å². The van der Waals surface area contributed by atoms with Crippen LogP contribution in [-0.4, -0.2) is 29.2 Å². The second-order valence-electron chi connectivity index (χ2n) is 6.30. The van der Waals surface area contributed by atoms with Gasteiger partial charge in [-0.1, -0.05) is 12.1 Å². The molecule has 0 atom stereocenters. The SMILES string of the molecule is O=C(O)N1CCC(c2ccc(OCc3c(C(F)(F)F)csc3Br)cc2)CC1. The van der Waals surface area contributed by atoms with Gasteiger partial charge in [0.05, 0.1) is 9.35 Å². The molecule has 2 aromatic rings. The first kappa shape index (κ1) is 20.0. The molecule has 1 saturated heterocycles. The summed E-state index contributed by atoms with van der Waals surface area (Å²) in [4.78, 5) is 12.4. The Bertz CT molecular complexity index is 799. The summed E-state index contributed by atoms with van der Waals surface area (Å²) in [5, 5.41) is 10.1. The number of amides is 1. The summed E-state index contributed by atoms with van der Waals surface area (Å²) in [5.41, 5.74) is 0.499. The lowest BCUT2D eigenvalue weighted by Crippen LogP contribution is -2.36. The first-order valence-electron chi connectivity index (χ1n) is 8.29. The van der Waals surface area contributed by atoms with Crippen LogP contribution < -0.4 is 4.74 Å². The van der Waals surface area contributed by atoms with Crippen molar-refractivity contribution in [1.29, 1.82) is 0 Å². The molecule has 2 heterocycles. The van der Waals surface area contributed by atoms with Gasteiger partial charge < -0.3 is 14.7 Å². The largest absolute Gasteiger partial charge is 0.489 e. The lowest BCUT2D eigenvalue weighted by molar-refractivity contribution is -0.138. The van der Waals surface area contributed by atoms with Gasteiger partial charge in [-0.15, -0.1) is 11.3 Å². The maximum Gasteiger partial charge on any atom is 0.417 e. The summed E-state index contributed by atoms with van der Waals surface area (Å²) < 4.78 is 45.0. The Labute approximate surface area is 166 Å². The van der Waals surface area contributed by atoms with Crippen molar-refractivity contribution in [1.82, 2.24) is 4.90 Å². The number of piperidine rings is 1. The predicted molar refractivity (Wildman–Crippen MR) is 99.4 cm³/mol. The second-order valence-corrected chi connectivity index (χ2v) is 8.50. The molecule has 3 rings (SSSR count). The molecule has 1 aliphatic rings. The van der Waals surface area contributed by atoms with Gasteiger partial charge in [-0.3, -0.25) is 0 Å². The Morgan fingerprint density at radius 1 is 1.26 bits per heavy atom. The quantitative estimate of drug-likeness (QED) is 0.607. The van der Waals surface area contributed by atoms with Crippen LogP contribution in [0.1, 0.15) is 35.4 Å². The summed E-state index contributed by atoms with van der Waals surface area (Å²) in [6.07, 6.45) is -3.79. The van der Waals surface area contributed by atoms with Crippen LogP contribution in [0.15, 0.2) is 33.4 Å². The number of hydrogen-bond donors (Lipinski definition) is 1. The minimum absolute atomic E-state index is 0.0950. The molecule has 146 valence electrons. The number of halogens is 4. The van der Waals surface area contributed by atoms with Gasteiger partial charge in [-0.2, -0.15) is 13.2 Å². The number of hydrogen-bond acceptors (Lipinski definition) is 3. The Morgan fingerprint density at radius 2 is 1.89 bits per heavy atom. The van der Waals surface area contributed by atoms with Crippen molar-refractivity contribution in [2.24, 2.45) is 0 Å². The number of carbonyl (C=O) groups is 1. The third-order valence-electron chi connectivity index (χ3n) is 4.65. The van der Waals surface area contributed by atoms with Crippen LogP contribution in [0.5, 0.6) is 5.75 Å². The van der Waals surface area contributed by atoms with E-state index >= 15 is 0 Å². The monoisotopic (exact) mass is 463 g/mol. The molecule has 0 unspecified atom stereocenters. The highest BCUT2D eigenvalue weighted by atomic mass is 79.9. The normalized spacial score (nSPS) is 15.8. The minimum Gasteiger partial charge on any atom is -0.489 e. The van der Waals surface area contributed by atoms with Gasteiger partial charge >= 0.3 is 12.3 Å². The molecule has 27 heavy (non-hydrogen) atoms. The average molecular weight is 464 g/mol. The molecule has 0 aliphatic carbocycles. The number of carboxylic acid groups (broad SMARTS) is 1. The molecular formula is C18H17BrF3NO3S. The zero-order valence-electron chi connectivity index (χ0n) is 14.1.